The Bertz CT molecular complexity index is 454. The number of carboxylic acid groups (broad SMARTS) is 1. The number of fused-ring (bicyclic) bond motifs is 5. The Morgan fingerprint density at radius 1 is 1.31 bits per heavy atom. The lowest BCUT2D eigenvalue weighted by atomic mass is 10.0. The van der Waals surface area contributed by atoms with Crippen LogP contribution in [-0.4, -0.2) is 21.2 Å². The Morgan fingerprint density at radius 3 is 2.56 bits per heavy atom. The van der Waals surface area contributed by atoms with Crippen LogP contribution in [0.2, 0.25) is 0 Å². The quantitative estimate of drug-likeness (QED) is 0.817. The first kappa shape index (κ1) is 8.73. The van der Waals surface area contributed by atoms with Crippen molar-refractivity contribution in [2.24, 2.45) is 23.7 Å². The number of hydrogen-bond acceptors (Lipinski definition) is 4. The van der Waals surface area contributed by atoms with Gasteiger partial charge < -0.3 is 9.63 Å². The summed E-state index contributed by atoms with van der Waals surface area (Å²) in [5.74, 6) is 2.70. The lowest BCUT2D eigenvalue weighted by molar-refractivity contribution is 0.0680. The highest BCUT2D eigenvalue weighted by Gasteiger charge is 2.67. The van der Waals surface area contributed by atoms with Crippen molar-refractivity contribution in [2.45, 2.75) is 25.2 Å². The van der Waals surface area contributed by atoms with Gasteiger partial charge in [0, 0.05) is 5.92 Å². The molecule has 0 saturated heterocycles. The fourth-order valence-corrected chi connectivity index (χ4v) is 4.11. The van der Waals surface area contributed by atoms with E-state index in [0.29, 0.717) is 23.6 Å². The van der Waals surface area contributed by atoms with Crippen molar-refractivity contribution in [1.29, 1.82) is 0 Å². The summed E-state index contributed by atoms with van der Waals surface area (Å²) in [4.78, 5) is 14.6. The Hall–Kier alpha value is -1.39. The predicted molar refractivity (Wildman–Crippen MR) is 51.8 cm³/mol. The van der Waals surface area contributed by atoms with Gasteiger partial charge in [0.25, 0.3) is 5.82 Å². The summed E-state index contributed by atoms with van der Waals surface area (Å²) in [6.45, 7) is 0. The highest BCUT2D eigenvalue weighted by Crippen LogP contribution is 2.72. The molecule has 3 fully saturated rings. The molecule has 0 spiro atoms. The van der Waals surface area contributed by atoms with E-state index in [1.807, 2.05) is 0 Å². The van der Waals surface area contributed by atoms with E-state index in [1.54, 1.807) is 0 Å². The minimum Gasteiger partial charge on any atom is -0.475 e. The molecule has 0 aliphatic heterocycles. The minimum absolute atomic E-state index is 0.202. The molecule has 0 aromatic carbocycles. The van der Waals surface area contributed by atoms with Gasteiger partial charge in [-0.3, -0.25) is 0 Å². The largest absolute Gasteiger partial charge is 0.475 e. The molecule has 4 unspecified atom stereocenters. The summed E-state index contributed by atoms with van der Waals surface area (Å²) in [7, 11) is 0. The third kappa shape index (κ3) is 0.936. The van der Waals surface area contributed by atoms with Crippen molar-refractivity contribution in [3.8, 4) is 0 Å². The molecule has 5 nitrogen and oxygen atoms in total. The highest BCUT2D eigenvalue weighted by atomic mass is 16.5. The minimum atomic E-state index is -1.11. The zero-order chi connectivity index (χ0) is 10.9. The van der Waals surface area contributed by atoms with Crippen LogP contribution in [0.15, 0.2) is 4.52 Å². The molecule has 4 atom stereocenters. The van der Waals surface area contributed by atoms with Crippen LogP contribution in [0.1, 0.15) is 41.7 Å². The van der Waals surface area contributed by atoms with Crippen LogP contribution in [0.25, 0.3) is 0 Å². The lowest BCUT2D eigenvalue weighted by Gasteiger charge is -2.04. The fraction of sp³-hybridized carbons (Fsp3) is 0.727. The second-order valence-corrected chi connectivity index (χ2v) is 5.28. The van der Waals surface area contributed by atoms with Gasteiger partial charge in [0.05, 0.1) is 0 Å². The standard InChI is InChI=1S/C11H12N2O3/c14-11(15)9-12-10(16-13-9)8-6-4-1-2-5(3-4)7(6)8/h4-8H,1-3H2,(H,14,15). The third-order valence-electron chi connectivity index (χ3n) is 4.65. The van der Waals surface area contributed by atoms with Crippen LogP contribution in [0.3, 0.4) is 0 Å². The number of aromatic nitrogens is 2. The van der Waals surface area contributed by atoms with Crippen LogP contribution in [0, 0.1) is 23.7 Å². The first-order valence-electron chi connectivity index (χ1n) is 5.82. The summed E-state index contributed by atoms with van der Waals surface area (Å²) in [5.41, 5.74) is 0. The topological polar surface area (TPSA) is 76.2 Å². The summed E-state index contributed by atoms with van der Waals surface area (Å²) < 4.78 is 5.07. The fourth-order valence-electron chi connectivity index (χ4n) is 4.11. The van der Waals surface area contributed by atoms with E-state index in [4.69, 9.17) is 9.63 Å². The van der Waals surface area contributed by atoms with Crippen molar-refractivity contribution in [3.05, 3.63) is 11.7 Å². The summed E-state index contributed by atoms with van der Waals surface area (Å²) in [6, 6.07) is 0. The van der Waals surface area contributed by atoms with E-state index >= 15 is 0 Å². The monoisotopic (exact) mass is 220 g/mol. The number of rotatable bonds is 2. The van der Waals surface area contributed by atoms with Gasteiger partial charge >= 0.3 is 5.97 Å². The average Bonchev–Trinajstić information content (AvgIpc) is 2.74. The maximum absolute atomic E-state index is 10.7. The van der Waals surface area contributed by atoms with Crippen molar-refractivity contribution in [3.63, 3.8) is 0 Å². The van der Waals surface area contributed by atoms with Gasteiger partial charge in [0.2, 0.25) is 5.89 Å². The number of carboxylic acids is 1. The SMILES string of the molecule is O=C(O)c1noc(C2C3C4CCC(C4)C23)n1. The van der Waals surface area contributed by atoms with Crippen molar-refractivity contribution in [2.75, 3.05) is 0 Å². The van der Waals surface area contributed by atoms with Crippen LogP contribution >= 0.6 is 0 Å². The molecule has 16 heavy (non-hydrogen) atoms. The molecular formula is C11H12N2O3. The molecule has 5 heteroatoms. The van der Waals surface area contributed by atoms with Gasteiger partial charge in [-0.25, -0.2) is 4.79 Å². The van der Waals surface area contributed by atoms with Crippen LogP contribution in [0.4, 0.5) is 0 Å². The zero-order valence-corrected chi connectivity index (χ0v) is 8.67. The summed E-state index contributed by atoms with van der Waals surface area (Å²) in [6.07, 6.45) is 4.04. The van der Waals surface area contributed by atoms with E-state index in [-0.39, 0.29) is 5.82 Å². The Morgan fingerprint density at radius 2 is 2.00 bits per heavy atom. The van der Waals surface area contributed by atoms with Crippen molar-refractivity contribution in [1.82, 2.24) is 10.1 Å². The average molecular weight is 220 g/mol. The van der Waals surface area contributed by atoms with Gasteiger partial charge in [0.15, 0.2) is 0 Å². The maximum atomic E-state index is 10.7. The molecule has 1 aromatic rings. The van der Waals surface area contributed by atoms with E-state index in [2.05, 4.69) is 10.1 Å². The molecule has 1 heterocycles. The number of aromatic carboxylic acids is 1. The predicted octanol–water partition coefficient (Wildman–Crippen LogP) is 1.53. The van der Waals surface area contributed by atoms with Gasteiger partial charge in [-0.2, -0.15) is 4.98 Å². The first-order chi connectivity index (χ1) is 7.75. The van der Waals surface area contributed by atoms with Gasteiger partial charge in [-0.15, -0.1) is 0 Å². The molecule has 2 bridgehead atoms. The van der Waals surface area contributed by atoms with Gasteiger partial charge in [-0.05, 0) is 48.1 Å². The normalized spacial score (nSPS) is 43.4. The molecule has 4 rings (SSSR count). The second-order valence-electron chi connectivity index (χ2n) is 5.28. The third-order valence-corrected chi connectivity index (χ3v) is 4.65. The first-order valence-corrected chi connectivity index (χ1v) is 5.82. The molecule has 1 N–H and O–H groups in total. The van der Waals surface area contributed by atoms with Gasteiger partial charge in [-0.1, -0.05) is 0 Å². The van der Waals surface area contributed by atoms with E-state index in [0.717, 1.165) is 11.8 Å². The van der Waals surface area contributed by atoms with Crippen LogP contribution < -0.4 is 0 Å². The van der Waals surface area contributed by atoms with E-state index < -0.39 is 5.97 Å². The smallest absolute Gasteiger partial charge is 0.377 e. The Labute approximate surface area is 91.8 Å². The molecule has 3 aliphatic rings. The van der Waals surface area contributed by atoms with Crippen molar-refractivity contribution >= 4 is 5.97 Å². The lowest BCUT2D eigenvalue weighted by Crippen LogP contribution is -2.00. The Kier molecular flexibility index (Phi) is 1.44. The van der Waals surface area contributed by atoms with Gasteiger partial charge in [0.1, 0.15) is 0 Å². The Balaban J connectivity index is 1.62. The zero-order valence-electron chi connectivity index (χ0n) is 8.67. The highest BCUT2D eigenvalue weighted by molar-refractivity contribution is 5.82. The molecule has 3 aliphatic carbocycles. The number of hydrogen-bond donors (Lipinski definition) is 1. The van der Waals surface area contributed by atoms with E-state index in [1.165, 1.54) is 19.3 Å². The van der Waals surface area contributed by atoms with Crippen molar-refractivity contribution < 1.29 is 14.4 Å². The number of carbonyl (C=O) groups is 1. The number of nitrogens with zero attached hydrogens (tertiary/aromatic N) is 2. The van der Waals surface area contributed by atoms with E-state index in [9.17, 15) is 4.79 Å². The molecule has 0 radical (unpaired) electrons. The molecule has 3 saturated carbocycles. The summed E-state index contributed by atoms with van der Waals surface area (Å²) >= 11 is 0. The van der Waals surface area contributed by atoms with Crippen LogP contribution in [0.5, 0.6) is 0 Å². The molecule has 0 amide bonds. The van der Waals surface area contributed by atoms with Crippen LogP contribution in [-0.2, 0) is 0 Å². The summed E-state index contributed by atoms with van der Waals surface area (Å²) in [5, 5.41) is 12.2. The molecule has 84 valence electrons. The molecule has 1 aromatic heterocycles. The maximum Gasteiger partial charge on any atom is 0.377 e. The second kappa shape index (κ2) is 2.64. The molecular weight excluding hydrogens is 208 g/mol.